The number of anilines is 1. The summed E-state index contributed by atoms with van der Waals surface area (Å²) in [4.78, 5) is 25.6. The number of amides is 1. The molecule has 4 aromatic rings. The smallest absolute Gasteiger partial charge is 0.255 e. The van der Waals surface area contributed by atoms with Crippen molar-refractivity contribution in [2.75, 3.05) is 38.2 Å². The van der Waals surface area contributed by atoms with E-state index in [0.717, 1.165) is 42.7 Å². The van der Waals surface area contributed by atoms with E-state index in [4.69, 9.17) is 9.15 Å². The van der Waals surface area contributed by atoms with Gasteiger partial charge in [0, 0.05) is 50.2 Å². The molecule has 0 unspecified atom stereocenters. The monoisotopic (exact) mass is 511 g/mol. The summed E-state index contributed by atoms with van der Waals surface area (Å²) in [5, 5.41) is 9.82. The van der Waals surface area contributed by atoms with Crippen molar-refractivity contribution < 1.29 is 18.3 Å². The van der Waals surface area contributed by atoms with Crippen LogP contribution < -0.4 is 9.64 Å². The van der Waals surface area contributed by atoms with Crippen LogP contribution in [0.5, 0.6) is 5.75 Å². The number of furan rings is 1. The van der Waals surface area contributed by atoms with E-state index in [1.165, 1.54) is 7.11 Å². The van der Waals surface area contributed by atoms with Crippen LogP contribution in [0.25, 0.3) is 33.7 Å². The van der Waals surface area contributed by atoms with Crippen molar-refractivity contribution in [2.24, 2.45) is 0 Å². The molecule has 0 aliphatic carbocycles. The number of pyridine rings is 2. The molecule has 1 atom stereocenters. The molecule has 0 N–H and O–H groups in total. The maximum atomic E-state index is 13.8. The van der Waals surface area contributed by atoms with Crippen molar-refractivity contribution >= 4 is 22.7 Å². The number of carbonyl (C=O) groups excluding carboxylic acids is 1. The first-order valence-corrected chi connectivity index (χ1v) is 12.7. The van der Waals surface area contributed by atoms with Crippen LogP contribution in [-0.4, -0.2) is 60.2 Å². The lowest BCUT2D eigenvalue weighted by Crippen LogP contribution is -2.27. The lowest BCUT2D eigenvalue weighted by atomic mass is 10.0. The number of rotatable bonds is 5. The van der Waals surface area contributed by atoms with Gasteiger partial charge in [-0.1, -0.05) is 6.07 Å². The first-order chi connectivity index (χ1) is 18.6. The third kappa shape index (κ3) is 4.22. The standard InChI is InChI=1S/C29H26FN5O3/c1-37-25-13-20(29(36)34-9-2-3-10-34)16-33-27(25)26-14-23-28(38-26)22(6-8-32-23)18-4-5-24(19(12-18)15-31)35-11-7-21(30)17-35/h4-6,8,12-14,16,21H,2-3,7,9-11,17H2,1H3/t21-/m1/s1. The number of benzene rings is 1. The number of likely N-dealkylation sites (tertiary alicyclic amines) is 1. The van der Waals surface area contributed by atoms with Gasteiger partial charge in [0.05, 0.1) is 23.9 Å². The quantitative estimate of drug-likeness (QED) is 0.362. The minimum Gasteiger partial charge on any atom is -0.494 e. The first kappa shape index (κ1) is 23.9. The predicted octanol–water partition coefficient (Wildman–Crippen LogP) is 5.22. The number of nitrogens with zero attached hydrogens (tertiary/aromatic N) is 5. The molecule has 2 saturated heterocycles. The van der Waals surface area contributed by atoms with E-state index in [9.17, 15) is 14.4 Å². The minimum atomic E-state index is -0.874. The zero-order valence-electron chi connectivity index (χ0n) is 21.0. The predicted molar refractivity (Wildman–Crippen MR) is 141 cm³/mol. The molecule has 2 fully saturated rings. The molecule has 0 bridgehead atoms. The topological polar surface area (TPSA) is 95.5 Å². The maximum absolute atomic E-state index is 13.8. The molecule has 0 spiro atoms. The van der Waals surface area contributed by atoms with Crippen molar-refractivity contribution in [3.05, 3.63) is 59.9 Å². The summed E-state index contributed by atoms with van der Waals surface area (Å²) in [6.45, 7) is 2.40. The zero-order valence-corrected chi connectivity index (χ0v) is 21.0. The zero-order chi connectivity index (χ0) is 26.2. The molecule has 6 rings (SSSR count). The second-order valence-electron chi connectivity index (χ2n) is 9.63. The van der Waals surface area contributed by atoms with E-state index in [1.807, 2.05) is 28.0 Å². The second kappa shape index (κ2) is 9.78. The lowest BCUT2D eigenvalue weighted by Gasteiger charge is -2.19. The molecular formula is C29H26FN5O3. The van der Waals surface area contributed by atoms with Gasteiger partial charge in [0.15, 0.2) is 11.3 Å². The summed E-state index contributed by atoms with van der Waals surface area (Å²) in [7, 11) is 1.54. The van der Waals surface area contributed by atoms with E-state index in [2.05, 4.69) is 16.0 Å². The number of halogens is 1. The fourth-order valence-electron chi connectivity index (χ4n) is 5.29. The van der Waals surface area contributed by atoms with Gasteiger partial charge in [-0.15, -0.1) is 0 Å². The molecule has 1 aromatic carbocycles. The van der Waals surface area contributed by atoms with Crippen LogP contribution in [0.2, 0.25) is 0 Å². The average molecular weight is 512 g/mol. The molecule has 192 valence electrons. The molecule has 9 heteroatoms. The highest BCUT2D eigenvalue weighted by Gasteiger charge is 2.25. The third-order valence-electron chi connectivity index (χ3n) is 7.26. The fraction of sp³-hybridized carbons (Fsp3) is 0.310. The number of ether oxygens (including phenoxy) is 1. The van der Waals surface area contributed by atoms with Crippen LogP contribution in [0.3, 0.4) is 0 Å². The Morgan fingerprint density at radius 1 is 1.16 bits per heavy atom. The number of aromatic nitrogens is 2. The highest BCUT2D eigenvalue weighted by Crippen LogP contribution is 2.38. The Morgan fingerprint density at radius 3 is 2.74 bits per heavy atom. The Kier molecular flexibility index (Phi) is 6.16. The van der Waals surface area contributed by atoms with Crippen LogP contribution in [0.1, 0.15) is 35.2 Å². The van der Waals surface area contributed by atoms with Gasteiger partial charge in [-0.25, -0.2) is 9.37 Å². The van der Waals surface area contributed by atoms with Crippen molar-refractivity contribution in [3.8, 4) is 34.4 Å². The molecule has 0 radical (unpaired) electrons. The number of alkyl halides is 1. The number of nitriles is 1. The largest absolute Gasteiger partial charge is 0.494 e. The Bertz CT molecular complexity index is 1570. The lowest BCUT2D eigenvalue weighted by molar-refractivity contribution is 0.0792. The summed E-state index contributed by atoms with van der Waals surface area (Å²) in [6, 6.07) is 13.2. The number of hydrogen-bond donors (Lipinski definition) is 0. The first-order valence-electron chi connectivity index (χ1n) is 12.7. The van der Waals surface area contributed by atoms with Crippen LogP contribution >= 0.6 is 0 Å². The van der Waals surface area contributed by atoms with E-state index >= 15 is 0 Å². The van der Waals surface area contributed by atoms with Crippen LogP contribution in [0.15, 0.2) is 53.2 Å². The number of hydrogen-bond acceptors (Lipinski definition) is 7. The molecule has 2 aliphatic rings. The minimum absolute atomic E-state index is 0.0545. The van der Waals surface area contributed by atoms with Gasteiger partial charge in [-0.2, -0.15) is 5.26 Å². The SMILES string of the molecule is COc1cc(C(=O)N2CCCC2)cnc1-c1cc2nccc(-c3ccc(N4CC[C@@H](F)C4)c(C#N)c3)c2o1. The second-order valence-corrected chi connectivity index (χ2v) is 9.63. The fourth-order valence-corrected chi connectivity index (χ4v) is 5.29. The summed E-state index contributed by atoms with van der Waals surface area (Å²) < 4.78 is 25.6. The third-order valence-corrected chi connectivity index (χ3v) is 7.26. The molecule has 3 aromatic heterocycles. The van der Waals surface area contributed by atoms with E-state index in [1.54, 1.807) is 30.6 Å². The molecule has 5 heterocycles. The van der Waals surface area contributed by atoms with Crippen molar-refractivity contribution in [3.63, 3.8) is 0 Å². The van der Waals surface area contributed by atoms with Gasteiger partial charge >= 0.3 is 0 Å². The highest BCUT2D eigenvalue weighted by atomic mass is 19.1. The highest BCUT2D eigenvalue weighted by molar-refractivity contribution is 5.96. The average Bonchev–Trinajstić information content (AvgIpc) is 3.73. The molecule has 2 aliphatic heterocycles. The molecule has 8 nitrogen and oxygen atoms in total. The van der Waals surface area contributed by atoms with Crippen molar-refractivity contribution in [2.45, 2.75) is 25.4 Å². The number of carbonyl (C=O) groups is 1. The van der Waals surface area contributed by atoms with Gasteiger partial charge in [0.2, 0.25) is 0 Å². The van der Waals surface area contributed by atoms with E-state index in [0.29, 0.717) is 58.9 Å². The Labute approximate surface area is 219 Å². The van der Waals surface area contributed by atoms with Crippen LogP contribution in [-0.2, 0) is 0 Å². The van der Waals surface area contributed by atoms with Gasteiger partial charge in [0.25, 0.3) is 5.91 Å². The normalized spacial score (nSPS) is 17.2. The summed E-state index contributed by atoms with van der Waals surface area (Å²) in [5.74, 6) is 0.838. The molecule has 0 saturated carbocycles. The van der Waals surface area contributed by atoms with Crippen molar-refractivity contribution in [1.82, 2.24) is 14.9 Å². The van der Waals surface area contributed by atoms with Gasteiger partial charge in [0.1, 0.15) is 29.2 Å². The Hall–Kier alpha value is -4.45. The Balaban J connectivity index is 1.36. The van der Waals surface area contributed by atoms with Gasteiger partial charge in [-0.3, -0.25) is 9.78 Å². The summed E-state index contributed by atoms with van der Waals surface area (Å²) >= 11 is 0. The summed E-state index contributed by atoms with van der Waals surface area (Å²) in [6.07, 6.45) is 4.86. The van der Waals surface area contributed by atoms with E-state index < -0.39 is 6.17 Å². The van der Waals surface area contributed by atoms with E-state index in [-0.39, 0.29) is 5.91 Å². The molecule has 1 amide bonds. The Morgan fingerprint density at radius 2 is 2.00 bits per heavy atom. The van der Waals surface area contributed by atoms with Gasteiger partial charge in [-0.05, 0) is 49.1 Å². The number of methoxy groups -OCH3 is 1. The molecule has 38 heavy (non-hydrogen) atoms. The summed E-state index contributed by atoms with van der Waals surface area (Å²) in [5.41, 5.74) is 4.90. The van der Waals surface area contributed by atoms with Crippen LogP contribution in [0.4, 0.5) is 10.1 Å². The molecular weight excluding hydrogens is 485 g/mol. The van der Waals surface area contributed by atoms with Crippen molar-refractivity contribution in [1.29, 1.82) is 5.26 Å². The maximum Gasteiger partial charge on any atom is 0.255 e. The van der Waals surface area contributed by atoms with Gasteiger partial charge < -0.3 is 19.0 Å². The number of fused-ring (bicyclic) bond motifs is 1. The van der Waals surface area contributed by atoms with Crippen LogP contribution in [0, 0.1) is 11.3 Å².